The number of hydrogen-bond donors (Lipinski definition) is 0. The summed E-state index contributed by atoms with van der Waals surface area (Å²) in [6.45, 7) is 2.28. The van der Waals surface area contributed by atoms with Gasteiger partial charge in [0.1, 0.15) is 0 Å². The molecule has 3 heterocycles. The zero-order chi connectivity index (χ0) is 12.7. The fourth-order valence-electron chi connectivity index (χ4n) is 4.43. The second kappa shape index (κ2) is 2.90. The largest absolute Gasteiger partial charge is 0.347 e. The molecule has 0 unspecified atom stereocenters. The van der Waals surface area contributed by atoms with Gasteiger partial charge in [-0.05, 0) is 24.2 Å². The van der Waals surface area contributed by atoms with E-state index in [1.165, 1.54) is 11.0 Å². The average molecular weight is 247 g/mol. The highest BCUT2D eigenvalue weighted by atomic mass is 16.2. The molecular weight excluding hydrogens is 230 g/mol. The first-order valence-corrected chi connectivity index (χ1v) is 6.64. The summed E-state index contributed by atoms with van der Waals surface area (Å²) in [5.74, 6) is 0.506. The molecule has 0 radical (unpaired) electrons. The lowest BCUT2D eigenvalue weighted by Gasteiger charge is -2.49. The summed E-state index contributed by atoms with van der Waals surface area (Å²) in [7, 11) is 1.57. The van der Waals surface area contributed by atoms with Gasteiger partial charge in [-0.15, -0.1) is 0 Å². The molecule has 1 aromatic rings. The SMILES string of the molecule is Cn1c(=O)n2n(c1=O)[C@H]1C=C[C@H]2[C@]2(C)CCC[C@@H]12. The Morgan fingerprint density at radius 2 is 1.94 bits per heavy atom. The van der Waals surface area contributed by atoms with Gasteiger partial charge < -0.3 is 0 Å². The maximum absolute atomic E-state index is 12.2. The summed E-state index contributed by atoms with van der Waals surface area (Å²) < 4.78 is 4.61. The second-order valence-electron chi connectivity index (χ2n) is 6.14. The van der Waals surface area contributed by atoms with E-state index < -0.39 is 0 Å². The lowest BCUT2D eigenvalue weighted by molar-refractivity contribution is 0.0361. The van der Waals surface area contributed by atoms with Gasteiger partial charge in [0, 0.05) is 7.05 Å². The van der Waals surface area contributed by atoms with Crippen LogP contribution in [0.15, 0.2) is 21.7 Å². The van der Waals surface area contributed by atoms with E-state index in [-0.39, 0.29) is 28.9 Å². The molecule has 5 heteroatoms. The Balaban J connectivity index is 2.09. The first kappa shape index (κ1) is 10.4. The maximum Gasteiger partial charge on any atom is 0.347 e. The van der Waals surface area contributed by atoms with E-state index in [9.17, 15) is 9.59 Å². The minimum Gasteiger partial charge on any atom is -0.246 e. The van der Waals surface area contributed by atoms with Gasteiger partial charge in [0.15, 0.2) is 0 Å². The summed E-state index contributed by atoms with van der Waals surface area (Å²) in [5.41, 5.74) is -0.198. The molecule has 0 aromatic carbocycles. The first-order chi connectivity index (χ1) is 8.55. The van der Waals surface area contributed by atoms with Gasteiger partial charge >= 0.3 is 11.4 Å². The monoisotopic (exact) mass is 247 g/mol. The van der Waals surface area contributed by atoms with Crippen molar-refractivity contribution >= 4 is 0 Å². The molecule has 0 saturated heterocycles. The van der Waals surface area contributed by atoms with Crippen molar-refractivity contribution in [2.24, 2.45) is 18.4 Å². The maximum atomic E-state index is 12.2. The van der Waals surface area contributed by atoms with Crippen molar-refractivity contribution in [1.29, 1.82) is 0 Å². The smallest absolute Gasteiger partial charge is 0.246 e. The lowest BCUT2D eigenvalue weighted by atomic mass is 9.66. The molecule has 18 heavy (non-hydrogen) atoms. The molecule has 1 saturated carbocycles. The lowest BCUT2D eigenvalue weighted by Crippen LogP contribution is -2.52. The van der Waals surface area contributed by atoms with E-state index >= 15 is 0 Å². The Kier molecular flexibility index (Phi) is 1.67. The summed E-state index contributed by atoms with van der Waals surface area (Å²) in [5, 5.41) is 0. The molecule has 2 aliphatic carbocycles. The summed E-state index contributed by atoms with van der Waals surface area (Å²) in [6, 6.07) is 0.125. The Bertz CT molecular complexity index is 677. The highest BCUT2D eigenvalue weighted by molar-refractivity contribution is 5.20. The fraction of sp³-hybridized carbons (Fsp3) is 0.692. The molecule has 0 N–H and O–H groups in total. The molecule has 0 amide bonds. The van der Waals surface area contributed by atoms with Crippen LogP contribution in [0.25, 0.3) is 0 Å². The van der Waals surface area contributed by atoms with Gasteiger partial charge in [-0.3, -0.25) is 0 Å². The Morgan fingerprint density at radius 3 is 2.72 bits per heavy atom. The predicted octanol–water partition coefficient (Wildman–Crippen LogP) is 0.820. The molecule has 4 atom stereocenters. The van der Waals surface area contributed by atoms with E-state index in [0.29, 0.717) is 5.92 Å². The molecule has 5 rings (SSSR count). The molecule has 96 valence electrons. The van der Waals surface area contributed by atoms with Crippen molar-refractivity contribution in [2.75, 3.05) is 0 Å². The molecule has 2 bridgehead atoms. The molecule has 1 aromatic heterocycles. The summed E-state index contributed by atoms with van der Waals surface area (Å²) >= 11 is 0. The molecule has 0 spiro atoms. The van der Waals surface area contributed by atoms with Crippen LogP contribution in [0.1, 0.15) is 38.3 Å². The first-order valence-electron chi connectivity index (χ1n) is 6.64. The quantitative estimate of drug-likeness (QED) is 0.637. The van der Waals surface area contributed by atoms with Gasteiger partial charge in [-0.2, -0.15) is 0 Å². The van der Waals surface area contributed by atoms with Gasteiger partial charge in [0.2, 0.25) is 0 Å². The molecular formula is C13H17N3O2. The van der Waals surface area contributed by atoms with Crippen LogP contribution in [0, 0.1) is 11.3 Å². The minimum atomic E-state index is -0.175. The van der Waals surface area contributed by atoms with Crippen LogP contribution < -0.4 is 11.4 Å². The number of aromatic nitrogens is 3. The van der Waals surface area contributed by atoms with E-state index in [0.717, 1.165) is 12.8 Å². The van der Waals surface area contributed by atoms with Crippen LogP contribution >= 0.6 is 0 Å². The van der Waals surface area contributed by atoms with Crippen LogP contribution in [-0.2, 0) is 7.05 Å². The van der Waals surface area contributed by atoms with Gasteiger partial charge in [-0.25, -0.2) is 23.5 Å². The van der Waals surface area contributed by atoms with Crippen LogP contribution in [0.5, 0.6) is 0 Å². The van der Waals surface area contributed by atoms with Gasteiger partial charge in [0.05, 0.1) is 12.1 Å². The highest BCUT2D eigenvalue weighted by Crippen LogP contribution is 2.59. The van der Waals surface area contributed by atoms with Crippen LogP contribution in [0.2, 0.25) is 0 Å². The highest BCUT2D eigenvalue weighted by Gasteiger charge is 2.55. The van der Waals surface area contributed by atoms with Crippen molar-refractivity contribution in [3.63, 3.8) is 0 Å². The third kappa shape index (κ3) is 0.886. The number of allylic oxidation sites excluding steroid dienone is 2. The average Bonchev–Trinajstić information content (AvgIpc) is 2.87. The second-order valence-corrected chi connectivity index (χ2v) is 6.14. The van der Waals surface area contributed by atoms with E-state index in [1.54, 1.807) is 16.4 Å². The van der Waals surface area contributed by atoms with Crippen molar-refractivity contribution < 1.29 is 0 Å². The van der Waals surface area contributed by atoms with Crippen molar-refractivity contribution in [3.8, 4) is 0 Å². The van der Waals surface area contributed by atoms with Crippen molar-refractivity contribution in [1.82, 2.24) is 13.9 Å². The topological polar surface area (TPSA) is 48.9 Å². The summed E-state index contributed by atoms with van der Waals surface area (Å²) in [6.07, 6.45) is 7.78. The molecule has 4 aliphatic rings. The zero-order valence-corrected chi connectivity index (χ0v) is 10.7. The number of nitrogens with zero attached hydrogens (tertiary/aromatic N) is 3. The van der Waals surface area contributed by atoms with E-state index in [4.69, 9.17) is 0 Å². The fourth-order valence-corrected chi connectivity index (χ4v) is 4.43. The standard InChI is InChI=1S/C13H17N3O2/c1-13-7-3-4-8(13)9-5-6-10(13)16-12(18)14(2)11(17)15(9)16/h5-6,8-10H,3-4,7H2,1-2H3/t8-,9-,10-,13+/m0/s1. The predicted molar refractivity (Wildman–Crippen MR) is 66.6 cm³/mol. The van der Waals surface area contributed by atoms with E-state index in [2.05, 4.69) is 19.1 Å². The minimum absolute atomic E-state index is 0.0522. The Hall–Kier alpha value is -1.52. The van der Waals surface area contributed by atoms with E-state index in [1.807, 2.05) is 0 Å². The van der Waals surface area contributed by atoms with Crippen molar-refractivity contribution in [2.45, 2.75) is 38.3 Å². The number of rotatable bonds is 0. The molecule has 1 fully saturated rings. The van der Waals surface area contributed by atoms with Crippen molar-refractivity contribution in [3.05, 3.63) is 33.1 Å². The number of hydrogen-bond acceptors (Lipinski definition) is 2. The van der Waals surface area contributed by atoms with Crippen LogP contribution in [-0.4, -0.2) is 13.9 Å². The molecule has 5 nitrogen and oxygen atoms in total. The third-order valence-electron chi connectivity index (χ3n) is 5.40. The van der Waals surface area contributed by atoms with Gasteiger partial charge in [-0.1, -0.05) is 25.5 Å². The Labute approximate surface area is 104 Å². The van der Waals surface area contributed by atoms with Gasteiger partial charge in [0.25, 0.3) is 0 Å². The van der Waals surface area contributed by atoms with Crippen LogP contribution in [0.4, 0.5) is 0 Å². The molecule has 2 aliphatic heterocycles. The van der Waals surface area contributed by atoms with Crippen LogP contribution in [0.3, 0.4) is 0 Å². The normalized spacial score (nSPS) is 40.0. The third-order valence-corrected chi connectivity index (χ3v) is 5.40. The summed E-state index contributed by atoms with van der Waals surface area (Å²) in [4.78, 5) is 24.4. The Morgan fingerprint density at radius 1 is 1.22 bits per heavy atom. The zero-order valence-electron chi connectivity index (χ0n) is 10.7.